The van der Waals surface area contributed by atoms with E-state index in [4.69, 9.17) is 19.3 Å². The van der Waals surface area contributed by atoms with Crippen LogP contribution in [0.1, 0.15) is 0 Å². The Morgan fingerprint density at radius 3 is 1.51 bits per heavy atom. The summed E-state index contributed by atoms with van der Waals surface area (Å²) in [5, 5.41) is 80.3. The minimum Gasteiger partial charge on any atom is -0.504 e. The van der Waals surface area contributed by atoms with Gasteiger partial charge in [0.05, 0.1) is 57.9 Å². The van der Waals surface area contributed by atoms with Gasteiger partial charge in [0.1, 0.15) is 10.6 Å². The smallest absolute Gasteiger partial charge is 0.397 e. The molecule has 5 aromatic carbocycles. The molecule has 0 aromatic heterocycles. The van der Waals surface area contributed by atoms with E-state index in [1.54, 1.807) is 0 Å². The SMILES string of the molecule is O=S(=O)(O)OCCS(=O)(=O)c1ccc(N=Nc2c(O)c(N=Nc3ccc(S(=O)(=O)CCOSOOO)cc3)c(O)c(N=Nc3ccc4c(SOOO)cccc4c3S(=O)(=O)O)c2O)cc1. The van der Waals surface area contributed by atoms with Gasteiger partial charge in [-0.3, -0.25) is 13.3 Å². The molecule has 0 fully saturated rings. The first-order valence-electron chi connectivity index (χ1n) is 16.9. The summed E-state index contributed by atoms with van der Waals surface area (Å²) in [6.07, 6.45) is 0. The fraction of sp³-hybridized carbons (Fsp3) is 0.125. The molecule has 7 N–H and O–H groups in total. The standard InChI is InChI=1S/C32H28N6O21S6/c39-29-26(36-33-18-4-8-20(9-5-18)62(44,45)16-14-54-61-59-57-43)30(40)28(38-35-24-13-12-22-23(32(24)64(48,49)50)2-1-3-25(22)60-58-56-42)31(41)27(29)37-34-19-6-10-21(11-7-19)63(46,47)17-15-55-65(51,52)53/h1-13,39-43H,14-17H2,(H,48,49,50)(H,51,52,53). The quantitative estimate of drug-likeness (QED) is 0.00896. The van der Waals surface area contributed by atoms with Crippen molar-refractivity contribution >= 4 is 109 Å². The number of sulfone groups is 2. The lowest BCUT2D eigenvalue weighted by Crippen LogP contribution is -2.15. The number of hydrogen-bond acceptors (Lipinski definition) is 27. The van der Waals surface area contributed by atoms with Crippen molar-refractivity contribution in [2.45, 2.75) is 19.6 Å². The van der Waals surface area contributed by atoms with Crippen molar-refractivity contribution in [2.24, 2.45) is 30.7 Å². The first-order valence-corrected chi connectivity index (χ1v) is 24.5. The fourth-order valence-electron chi connectivity index (χ4n) is 5.18. The molecule has 27 nitrogen and oxygen atoms in total. The van der Waals surface area contributed by atoms with Gasteiger partial charge in [0.25, 0.3) is 10.1 Å². The fourth-order valence-corrected chi connectivity index (χ4v) is 9.41. The molecule has 0 saturated carbocycles. The normalized spacial score (nSPS) is 12.9. The molecule has 0 aliphatic heterocycles. The van der Waals surface area contributed by atoms with E-state index >= 15 is 0 Å². The number of fused-ring (bicyclic) bond motifs is 1. The molecular weight excluding hydrogens is 997 g/mol. The molecule has 348 valence electrons. The Balaban J connectivity index is 1.56. The summed E-state index contributed by atoms with van der Waals surface area (Å²) >= 11 is 0.652. The van der Waals surface area contributed by atoms with Gasteiger partial charge in [-0.25, -0.2) is 31.5 Å². The van der Waals surface area contributed by atoms with E-state index in [1.807, 2.05) is 0 Å². The molecule has 0 saturated heterocycles. The van der Waals surface area contributed by atoms with E-state index in [2.05, 4.69) is 53.6 Å². The van der Waals surface area contributed by atoms with Gasteiger partial charge in [-0.1, -0.05) is 28.3 Å². The minimum atomic E-state index is -5.12. The number of hydrogen-bond donors (Lipinski definition) is 7. The molecule has 0 atom stereocenters. The monoisotopic (exact) mass is 1020 g/mol. The number of benzene rings is 5. The van der Waals surface area contributed by atoms with Crippen molar-refractivity contribution < 1.29 is 95.7 Å². The predicted octanol–water partition coefficient (Wildman–Crippen LogP) is 7.25. The Morgan fingerprint density at radius 2 is 1.03 bits per heavy atom. The molecule has 0 aliphatic rings. The average molecular weight is 1020 g/mol. The summed E-state index contributed by atoms with van der Waals surface area (Å²) in [6.45, 7) is -1.28. The zero-order valence-corrected chi connectivity index (χ0v) is 36.7. The summed E-state index contributed by atoms with van der Waals surface area (Å²) < 4.78 is 134. The molecule has 5 rings (SSSR count). The van der Waals surface area contributed by atoms with Crippen LogP contribution in [0.4, 0.5) is 34.1 Å². The molecule has 0 radical (unpaired) electrons. The van der Waals surface area contributed by atoms with Crippen molar-refractivity contribution in [1.29, 1.82) is 0 Å². The molecule has 0 amide bonds. The first kappa shape index (κ1) is 50.7. The van der Waals surface area contributed by atoms with Crippen LogP contribution in [0, 0.1) is 0 Å². The van der Waals surface area contributed by atoms with E-state index in [0.717, 1.165) is 42.5 Å². The Labute approximate surface area is 374 Å². The Hall–Kier alpha value is -5.34. The Morgan fingerprint density at radius 1 is 0.538 bits per heavy atom. The second-order valence-corrected chi connectivity index (χ2v) is 20.0. The molecule has 0 bridgehead atoms. The third-order valence-corrected chi connectivity index (χ3v) is 13.9. The van der Waals surface area contributed by atoms with E-state index in [1.165, 1.54) is 36.4 Å². The van der Waals surface area contributed by atoms with Crippen LogP contribution in [-0.2, 0) is 67.3 Å². The van der Waals surface area contributed by atoms with E-state index in [-0.39, 0.29) is 55.8 Å². The number of phenolic OH excluding ortho intramolecular Hbond substituents is 3. The van der Waals surface area contributed by atoms with Crippen LogP contribution in [0.2, 0.25) is 0 Å². The van der Waals surface area contributed by atoms with Crippen molar-refractivity contribution in [3.8, 4) is 17.2 Å². The Kier molecular flexibility index (Phi) is 17.0. The highest BCUT2D eigenvalue weighted by atomic mass is 32.3. The van der Waals surface area contributed by atoms with Gasteiger partial charge in [0.15, 0.2) is 66.3 Å². The van der Waals surface area contributed by atoms with Gasteiger partial charge >= 0.3 is 10.4 Å². The summed E-state index contributed by atoms with van der Waals surface area (Å²) in [7, 11) is -18.1. The van der Waals surface area contributed by atoms with Crippen molar-refractivity contribution in [1.82, 2.24) is 0 Å². The van der Waals surface area contributed by atoms with Crippen LogP contribution in [0.15, 0.2) is 129 Å². The van der Waals surface area contributed by atoms with Gasteiger partial charge < -0.3 is 15.3 Å². The second kappa shape index (κ2) is 21.8. The number of aromatic hydroxyl groups is 3. The van der Waals surface area contributed by atoms with E-state index in [9.17, 15) is 53.5 Å². The molecule has 0 heterocycles. The lowest BCUT2D eigenvalue weighted by atomic mass is 10.1. The lowest BCUT2D eigenvalue weighted by molar-refractivity contribution is -0.434. The van der Waals surface area contributed by atoms with Crippen molar-refractivity contribution in [2.75, 3.05) is 24.7 Å². The maximum Gasteiger partial charge on any atom is 0.397 e. The largest absolute Gasteiger partial charge is 0.504 e. The van der Waals surface area contributed by atoms with Crippen LogP contribution in [0.5, 0.6) is 17.2 Å². The second-order valence-electron chi connectivity index (χ2n) is 12.1. The summed E-state index contributed by atoms with van der Waals surface area (Å²) in [5.74, 6) is -4.76. The molecule has 0 spiro atoms. The van der Waals surface area contributed by atoms with Gasteiger partial charge in [-0.15, -0.1) is 29.1 Å². The third kappa shape index (κ3) is 13.4. The van der Waals surface area contributed by atoms with Crippen LogP contribution in [-0.4, -0.2) is 93.3 Å². The third-order valence-electron chi connectivity index (χ3n) is 8.02. The lowest BCUT2D eigenvalue weighted by Gasteiger charge is -2.11. The van der Waals surface area contributed by atoms with Crippen LogP contribution >= 0.6 is 24.4 Å². The molecular formula is C32H28N6O21S6. The molecule has 0 aliphatic carbocycles. The molecule has 65 heavy (non-hydrogen) atoms. The summed E-state index contributed by atoms with van der Waals surface area (Å²) in [5.41, 5.74) is -3.41. The highest BCUT2D eigenvalue weighted by Gasteiger charge is 2.27. The average Bonchev–Trinajstić information content (AvgIpc) is 3.24. The van der Waals surface area contributed by atoms with Gasteiger partial charge in [0, 0.05) is 10.3 Å². The number of nitrogens with zero attached hydrogens (tertiary/aromatic N) is 6. The number of rotatable bonds is 22. The van der Waals surface area contributed by atoms with Crippen LogP contribution < -0.4 is 0 Å². The maximum absolute atomic E-state index is 12.7. The van der Waals surface area contributed by atoms with Gasteiger partial charge in [-0.05, 0) is 66.0 Å². The highest BCUT2D eigenvalue weighted by molar-refractivity contribution is 7.94. The molecule has 33 heteroatoms. The summed E-state index contributed by atoms with van der Waals surface area (Å²) in [4.78, 5) is -1.15. The predicted molar refractivity (Wildman–Crippen MR) is 221 cm³/mol. The van der Waals surface area contributed by atoms with Crippen LogP contribution in [0.3, 0.4) is 0 Å². The van der Waals surface area contributed by atoms with Gasteiger partial charge in [0.2, 0.25) is 0 Å². The zero-order valence-electron chi connectivity index (χ0n) is 31.8. The van der Waals surface area contributed by atoms with Crippen molar-refractivity contribution in [3.63, 3.8) is 0 Å². The van der Waals surface area contributed by atoms with E-state index < -0.39 is 103 Å². The Bertz CT molecular complexity index is 3090. The first-order chi connectivity index (χ1) is 30.7. The number of phenols is 3. The maximum atomic E-state index is 12.7. The molecule has 0 unspecified atom stereocenters. The summed E-state index contributed by atoms with van der Waals surface area (Å²) in [6, 6.07) is 15.4. The topological polar surface area (TPSA) is 408 Å². The van der Waals surface area contributed by atoms with Gasteiger partial charge in [-0.2, -0.15) is 27.1 Å². The van der Waals surface area contributed by atoms with Crippen LogP contribution in [0.25, 0.3) is 10.8 Å². The molecule has 5 aromatic rings. The minimum absolute atomic E-state index is 0.0653. The van der Waals surface area contributed by atoms with Crippen molar-refractivity contribution in [3.05, 3.63) is 78.9 Å². The zero-order chi connectivity index (χ0) is 47.6. The highest BCUT2D eigenvalue weighted by Crippen LogP contribution is 2.57. The number of azo groups is 3. The van der Waals surface area contributed by atoms with E-state index in [0.29, 0.717) is 12.0 Å².